The van der Waals surface area contributed by atoms with E-state index in [-0.39, 0.29) is 0 Å². The first-order chi connectivity index (χ1) is 15.1. The van der Waals surface area contributed by atoms with Crippen molar-refractivity contribution in [3.8, 4) is 11.3 Å². The van der Waals surface area contributed by atoms with E-state index in [1.807, 2.05) is 66.7 Å². The molecule has 0 aliphatic heterocycles. The maximum absolute atomic E-state index is 10.4. The van der Waals surface area contributed by atoms with Crippen LogP contribution in [0.1, 0.15) is 22.9 Å². The van der Waals surface area contributed by atoms with E-state index in [0.29, 0.717) is 29.7 Å². The summed E-state index contributed by atoms with van der Waals surface area (Å²) in [7, 11) is 0. The van der Waals surface area contributed by atoms with Gasteiger partial charge in [-0.05, 0) is 23.3 Å². The number of benzene rings is 3. The van der Waals surface area contributed by atoms with E-state index in [1.165, 1.54) is 0 Å². The fourth-order valence-corrected chi connectivity index (χ4v) is 3.78. The maximum atomic E-state index is 10.4. The Morgan fingerprint density at radius 1 is 0.903 bits per heavy atom. The largest absolute Gasteiger partial charge is 0.387 e. The highest BCUT2D eigenvalue weighted by Gasteiger charge is 2.15. The van der Waals surface area contributed by atoms with Crippen molar-refractivity contribution in [3.05, 3.63) is 106 Å². The average molecular weight is 453 g/mol. The van der Waals surface area contributed by atoms with Gasteiger partial charge < -0.3 is 10.4 Å². The van der Waals surface area contributed by atoms with E-state index in [0.717, 1.165) is 28.1 Å². The molecule has 5 nitrogen and oxygen atoms in total. The molecule has 0 spiro atoms. The Kier molecular flexibility index (Phi) is 6.99. The molecule has 2 N–H and O–H groups in total. The molecular formula is C24H22Cl2N4O. The Labute approximate surface area is 191 Å². The zero-order valence-electron chi connectivity index (χ0n) is 16.7. The van der Waals surface area contributed by atoms with Gasteiger partial charge in [0.1, 0.15) is 11.4 Å². The minimum Gasteiger partial charge on any atom is -0.387 e. The summed E-state index contributed by atoms with van der Waals surface area (Å²) in [5.74, 6) is 0. The van der Waals surface area contributed by atoms with E-state index in [1.54, 1.807) is 16.9 Å². The van der Waals surface area contributed by atoms with E-state index in [9.17, 15) is 5.11 Å². The molecule has 158 valence electrons. The molecule has 1 heterocycles. The highest BCUT2D eigenvalue weighted by Crippen LogP contribution is 2.24. The Morgan fingerprint density at radius 3 is 2.32 bits per heavy atom. The third kappa shape index (κ3) is 5.51. The number of aromatic nitrogens is 3. The molecule has 31 heavy (non-hydrogen) atoms. The molecule has 7 heteroatoms. The lowest BCUT2D eigenvalue weighted by molar-refractivity contribution is 0.174. The number of halogens is 2. The van der Waals surface area contributed by atoms with Crippen molar-refractivity contribution >= 4 is 23.2 Å². The van der Waals surface area contributed by atoms with Crippen LogP contribution in [0.3, 0.4) is 0 Å². The second kappa shape index (κ2) is 10.1. The lowest BCUT2D eigenvalue weighted by Gasteiger charge is -2.11. The van der Waals surface area contributed by atoms with Crippen LogP contribution in [0.5, 0.6) is 0 Å². The molecule has 0 aliphatic rings. The van der Waals surface area contributed by atoms with E-state index in [4.69, 9.17) is 28.3 Å². The van der Waals surface area contributed by atoms with Crippen LogP contribution in [0, 0.1) is 0 Å². The van der Waals surface area contributed by atoms with Gasteiger partial charge in [0.25, 0.3) is 0 Å². The molecular weight excluding hydrogens is 431 g/mol. The minimum atomic E-state index is -0.593. The van der Waals surface area contributed by atoms with Crippen molar-refractivity contribution in [1.82, 2.24) is 20.3 Å². The van der Waals surface area contributed by atoms with Crippen LogP contribution in [0.25, 0.3) is 11.3 Å². The van der Waals surface area contributed by atoms with Gasteiger partial charge in [-0.1, -0.05) is 89.9 Å². The SMILES string of the molecule is O[C@H](CNCc1nn(Cc2ccc(Cl)cc2Cl)nc1-c1ccccc1)c1ccccc1. The quantitative estimate of drug-likeness (QED) is 0.389. The third-order valence-corrected chi connectivity index (χ3v) is 5.50. The number of nitrogens with one attached hydrogen (secondary N) is 1. The summed E-state index contributed by atoms with van der Waals surface area (Å²) in [6.45, 7) is 1.32. The Hall–Kier alpha value is -2.70. The molecule has 0 saturated carbocycles. The molecule has 0 fully saturated rings. The number of hydrogen-bond donors (Lipinski definition) is 2. The van der Waals surface area contributed by atoms with Crippen LogP contribution in [-0.4, -0.2) is 26.6 Å². The standard InChI is InChI=1S/C24H22Cl2N4O/c25-20-12-11-19(21(26)13-20)16-30-28-22(24(29-30)18-9-5-2-6-10-18)14-27-15-23(31)17-7-3-1-4-8-17/h1-13,23,27,31H,14-16H2/t23-/m1/s1. The van der Waals surface area contributed by atoms with Gasteiger partial charge in [-0.3, -0.25) is 0 Å². The summed E-state index contributed by atoms with van der Waals surface area (Å²) in [6.07, 6.45) is -0.593. The fourth-order valence-electron chi connectivity index (χ4n) is 3.31. The van der Waals surface area contributed by atoms with E-state index >= 15 is 0 Å². The van der Waals surface area contributed by atoms with E-state index in [2.05, 4.69) is 10.4 Å². The minimum absolute atomic E-state index is 0.411. The number of aliphatic hydroxyl groups excluding tert-OH is 1. The topological polar surface area (TPSA) is 63.0 Å². The Balaban J connectivity index is 1.52. The molecule has 0 bridgehead atoms. The molecule has 0 saturated heterocycles. The van der Waals surface area contributed by atoms with Gasteiger partial charge in [0.2, 0.25) is 0 Å². The smallest absolute Gasteiger partial charge is 0.117 e. The maximum Gasteiger partial charge on any atom is 0.117 e. The second-order valence-electron chi connectivity index (χ2n) is 7.18. The zero-order chi connectivity index (χ0) is 21.6. The fraction of sp³-hybridized carbons (Fsp3) is 0.167. The van der Waals surface area contributed by atoms with Gasteiger partial charge in [0.15, 0.2) is 0 Å². The molecule has 1 aromatic heterocycles. The summed E-state index contributed by atoms with van der Waals surface area (Å²) in [5, 5.41) is 24.3. The molecule has 0 aliphatic carbocycles. The van der Waals surface area contributed by atoms with Gasteiger partial charge in [0, 0.05) is 28.7 Å². The van der Waals surface area contributed by atoms with Gasteiger partial charge in [-0.2, -0.15) is 15.0 Å². The summed E-state index contributed by atoms with van der Waals surface area (Å²) < 4.78 is 0. The molecule has 4 aromatic rings. The van der Waals surface area contributed by atoms with Gasteiger partial charge in [-0.15, -0.1) is 0 Å². The van der Waals surface area contributed by atoms with Crippen LogP contribution >= 0.6 is 23.2 Å². The summed E-state index contributed by atoms with van der Waals surface area (Å²) >= 11 is 12.3. The third-order valence-electron chi connectivity index (χ3n) is 4.91. The Morgan fingerprint density at radius 2 is 1.61 bits per heavy atom. The van der Waals surface area contributed by atoms with E-state index < -0.39 is 6.10 Å². The first kappa shape index (κ1) is 21.5. The zero-order valence-corrected chi connectivity index (χ0v) is 18.3. The van der Waals surface area contributed by atoms with Gasteiger partial charge in [-0.25, -0.2) is 0 Å². The monoisotopic (exact) mass is 452 g/mol. The molecule has 4 rings (SSSR count). The van der Waals surface area contributed by atoms with Crippen LogP contribution in [-0.2, 0) is 13.1 Å². The summed E-state index contributed by atoms with van der Waals surface area (Å²) in [5.41, 5.74) is 4.35. The predicted octanol–water partition coefficient (Wildman–Crippen LogP) is 5.12. The number of rotatable bonds is 8. The van der Waals surface area contributed by atoms with Crippen LogP contribution in [0.2, 0.25) is 10.0 Å². The predicted molar refractivity (Wildman–Crippen MR) is 124 cm³/mol. The average Bonchev–Trinajstić information content (AvgIpc) is 3.19. The summed E-state index contributed by atoms with van der Waals surface area (Å²) in [4.78, 5) is 1.64. The lowest BCUT2D eigenvalue weighted by Crippen LogP contribution is -2.21. The highest BCUT2D eigenvalue weighted by molar-refractivity contribution is 6.35. The molecule has 0 unspecified atom stereocenters. The highest BCUT2D eigenvalue weighted by atomic mass is 35.5. The van der Waals surface area contributed by atoms with Crippen molar-refractivity contribution in [2.75, 3.05) is 6.54 Å². The molecule has 3 aromatic carbocycles. The Bertz CT molecular complexity index is 1130. The number of hydrogen-bond acceptors (Lipinski definition) is 4. The molecule has 1 atom stereocenters. The first-order valence-corrected chi connectivity index (χ1v) is 10.7. The van der Waals surface area contributed by atoms with Crippen molar-refractivity contribution in [2.24, 2.45) is 0 Å². The normalized spacial score (nSPS) is 12.1. The lowest BCUT2D eigenvalue weighted by atomic mass is 10.1. The molecule has 0 amide bonds. The van der Waals surface area contributed by atoms with Crippen molar-refractivity contribution in [2.45, 2.75) is 19.2 Å². The van der Waals surface area contributed by atoms with Crippen LogP contribution < -0.4 is 5.32 Å². The number of aliphatic hydroxyl groups is 1. The summed E-state index contributed by atoms with van der Waals surface area (Å²) in [6, 6.07) is 24.9. The van der Waals surface area contributed by atoms with Crippen molar-refractivity contribution < 1.29 is 5.11 Å². The number of nitrogens with zero attached hydrogens (tertiary/aromatic N) is 3. The van der Waals surface area contributed by atoms with Crippen molar-refractivity contribution in [3.63, 3.8) is 0 Å². The van der Waals surface area contributed by atoms with Crippen LogP contribution in [0.4, 0.5) is 0 Å². The second-order valence-corrected chi connectivity index (χ2v) is 8.03. The molecule has 0 radical (unpaired) electrons. The van der Waals surface area contributed by atoms with Gasteiger partial charge >= 0.3 is 0 Å². The van der Waals surface area contributed by atoms with Gasteiger partial charge in [0.05, 0.1) is 12.6 Å². The van der Waals surface area contributed by atoms with Crippen molar-refractivity contribution in [1.29, 1.82) is 0 Å². The van der Waals surface area contributed by atoms with Crippen LogP contribution in [0.15, 0.2) is 78.9 Å². The first-order valence-electron chi connectivity index (χ1n) is 9.97.